The van der Waals surface area contributed by atoms with Crippen LogP contribution in [0.2, 0.25) is 0 Å². The van der Waals surface area contributed by atoms with Crippen LogP contribution in [0.1, 0.15) is 70.1 Å². The maximum absolute atomic E-state index is 13.5. The molecule has 1 amide bonds. The number of amides is 1. The molecule has 0 unspecified atom stereocenters. The summed E-state index contributed by atoms with van der Waals surface area (Å²) in [5.74, 6) is 1.29. The Bertz CT molecular complexity index is 1710. The van der Waals surface area contributed by atoms with Crippen LogP contribution in [-0.4, -0.2) is 36.6 Å². The number of thiazole rings is 1. The van der Waals surface area contributed by atoms with Gasteiger partial charge in [0.2, 0.25) is 0 Å². The van der Waals surface area contributed by atoms with Gasteiger partial charge in [-0.2, -0.15) is 0 Å². The third kappa shape index (κ3) is 9.53. The predicted octanol–water partition coefficient (Wildman–Crippen LogP) is 8.42. The third-order valence-corrected chi connectivity index (χ3v) is 9.16. The van der Waals surface area contributed by atoms with Crippen LogP contribution in [0.3, 0.4) is 0 Å². The van der Waals surface area contributed by atoms with Gasteiger partial charge >= 0.3 is 0 Å². The van der Waals surface area contributed by atoms with Crippen molar-refractivity contribution in [3.8, 4) is 11.5 Å². The summed E-state index contributed by atoms with van der Waals surface area (Å²) in [6.07, 6.45) is 1.53. The fraction of sp³-hybridized carbons (Fsp3) is 0.300. The molecule has 4 aromatic carbocycles. The third-order valence-electron chi connectivity index (χ3n) is 8.32. The highest BCUT2D eigenvalue weighted by Gasteiger charge is 2.20. The van der Waals surface area contributed by atoms with E-state index in [1.807, 2.05) is 53.9 Å². The standard InChI is InChI=1S/C40H45N3O3S/c1-40(2,3)33-19-16-31(17-20-33)26-43(23-22-30-18-21-36(45-4)37(25-30)46-5)27-38-41-35(28-47-38)39(44)42-34(32-14-10-7-11-15-32)24-29-12-8-6-9-13-29/h6-21,25,28,34H,22-24,26-27H2,1-5H3,(H,42,44)/t34-/m0/s1. The smallest absolute Gasteiger partial charge is 0.271 e. The van der Waals surface area contributed by atoms with Gasteiger partial charge in [-0.1, -0.05) is 112 Å². The molecule has 6 nitrogen and oxygen atoms in total. The van der Waals surface area contributed by atoms with Crippen molar-refractivity contribution < 1.29 is 14.3 Å². The number of benzene rings is 4. The van der Waals surface area contributed by atoms with Gasteiger partial charge in [0.25, 0.3) is 5.91 Å². The van der Waals surface area contributed by atoms with Gasteiger partial charge in [0, 0.05) is 18.5 Å². The molecule has 0 radical (unpaired) electrons. The monoisotopic (exact) mass is 647 g/mol. The van der Waals surface area contributed by atoms with E-state index in [4.69, 9.17) is 14.5 Å². The number of nitrogens with zero attached hydrogens (tertiary/aromatic N) is 2. The molecule has 244 valence electrons. The van der Waals surface area contributed by atoms with Crippen LogP contribution in [0.15, 0.2) is 109 Å². The van der Waals surface area contributed by atoms with Crippen molar-refractivity contribution in [3.63, 3.8) is 0 Å². The lowest BCUT2D eigenvalue weighted by Crippen LogP contribution is -2.30. The van der Waals surface area contributed by atoms with Crippen LogP contribution in [0.25, 0.3) is 0 Å². The average molecular weight is 648 g/mol. The van der Waals surface area contributed by atoms with Crippen molar-refractivity contribution in [1.29, 1.82) is 0 Å². The number of methoxy groups -OCH3 is 2. The first-order valence-corrected chi connectivity index (χ1v) is 17.0. The number of ether oxygens (including phenoxy) is 2. The highest BCUT2D eigenvalue weighted by atomic mass is 32.1. The lowest BCUT2D eigenvalue weighted by Gasteiger charge is -2.23. The SMILES string of the molecule is COc1ccc(CCN(Cc2ccc(C(C)(C)C)cc2)Cc2nc(C(=O)N[C@@H](Cc3ccccc3)c3ccccc3)cs2)cc1OC. The fourth-order valence-corrected chi connectivity index (χ4v) is 6.42. The molecule has 0 saturated carbocycles. The van der Waals surface area contributed by atoms with Crippen LogP contribution in [-0.2, 0) is 31.3 Å². The molecule has 5 aromatic rings. The predicted molar refractivity (Wildman–Crippen MR) is 191 cm³/mol. The summed E-state index contributed by atoms with van der Waals surface area (Å²) in [7, 11) is 3.31. The largest absolute Gasteiger partial charge is 0.493 e. The van der Waals surface area contributed by atoms with Crippen LogP contribution in [0.4, 0.5) is 0 Å². The topological polar surface area (TPSA) is 63.7 Å². The summed E-state index contributed by atoms with van der Waals surface area (Å²) in [6, 6.07) is 35.2. The second kappa shape index (κ2) is 15.9. The summed E-state index contributed by atoms with van der Waals surface area (Å²) in [4.78, 5) is 20.8. The van der Waals surface area contributed by atoms with Gasteiger partial charge in [0.1, 0.15) is 10.7 Å². The van der Waals surface area contributed by atoms with E-state index in [0.717, 1.165) is 41.6 Å². The molecule has 1 heterocycles. The van der Waals surface area contributed by atoms with E-state index in [0.29, 0.717) is 18.7 Å². The fourth-order valence-electron chi connectivity index (χ4n) is 5.60. The zero-order valence-corrected chi connectivity index (χ0v) is 28.8. The summed E-state index contributed by atoms with van der Waals surface area (Å²) >= 11 is 1.53. The molecule has 0 bridgehead atoms. The van der Waals surface area contributed by atoms with Crippen molar-refractivity contribution in [2.24, 2.45) is 0 Å². The molecule has 5 rings (SSSR count). The maximum atomic E-state index is 13.5. The Morgan fingerprint density at radius 3 is 2.13 bits per heavy atom. The molecular weight excluding hydrogens is 603 g/mol. The molecule has 0 aliphatic heterocycles. The van der Waals surface area contributed by atoms with E-state index in [1.165, 1.54) is 33.6 Å². The zero-order chi connectivity index (χ0) is 33.2. The summed E-state index contributed by atoms with van der Waals surface area (Å²) in [5, 5.41) is 6.04. The molecule has 0 saturated heterocycles. The minimum atomic E-state index is -0.162. The van der Waals surface area contributed by atoms with Gasteiger partial charge in [0.05, 0.1) is 26.8 Å². The van der Waals surface area contributed by atoms with Crippen LogP contribution in [0, 0.1) is 0 Å². The lowest BCUT2D eigenvalue weighted by molar-refractivity contribution is 0.0931. The van der Waals surface area contributed by atoms with E-state index < -0.39 is 0 Å². The first-order valence-electron chi connectivity index (χ1n) is 16.1. The highest BCUT2D eigenvalue weighted by molar-refractivity contribution is 7.09. The van der Waals surface area contributed by atoms with Gasteiger partial charge in [-0.25, -0.2) is 4.98 Å². The first kappa shape index (κ1) is 33.9. The van der Waals surface area contributed by atoms with Gasteiger partial charge in [-0.15, -0.1) is 11.3 Å². The van der Waals surface area contributed by atoms with Crippen molar-refractivity contribution >= 4 is 17.2 Å². The van der Waals surface area contributed by atoms with E-state index in [-0.39, 0.29) is 17.4 Å². The quantitative estimate of drug-likeness (QED) is 0.131. The van der Waals surface area contributed by atoms with Gasteiger partial charge in [-0.05, 0) is 58.2 Å². The van der Waals surface area contributed by atoms with Gasteiger partial charge < -0.3 is 14.8 Å². The number of aromatic nitrogens is 1. The second-order valence-electron chi connectivity index (χ2n) is 12.8. The Morgan fingerprint density at radius 1 is 0.809 bits per heavy atom. The van der Waals surface area contributed by atoms with Gasteiger partial charge in [0.15, 0.2) is 11.5 Å². The number of hydrogen-bond donors (Lipinski definition) is 1. The highest BCUT2D eigenvalue weighted by Crippen LogP contribution is 2.28. The molecule has 0 aliphatic rings. The van der Waals surface area contributed by atoms with Crippen molar-refractivity contribution in [2.75, 3.05) is 20.8 Å². The van der Waals surface area contributed by atoms with E-state index in [1.54, 1.807) is 14.2 Å². The van der Waals surface area contributed by atoms with E-state index >= 15 is 0 Å². The van der Waals surface area contributed by atoms with E-state index in [9.17, 15) is 4.79 Å². The number of carbonyl (C=O) groups excluding carboxylic acids is 1. The first-order chi connectivity index (χ1) is 22.7. The Balaban J connectivity index is 1.31. The van der Waals surface area contributed by atoms with Gasteiger partial charge in [-0.3, -0.25) is 9.69 Å². The summed E-state index contributed by atoms with van der Waals surface area (Å²) in [5.41, 5.74) is 6.51. The Labute approximate surface area is 283 Å². The Morgan fingerprint density at radius 2 is 1.47 bits per heavy atom. The van der Waals surface area contributed by atoms with Crippen molar-refractivity contribution in [2.45, 2.75) is 58.2 Å². The minimum absolute atomic E-state index is 0.101. The molecule has 1 atom stereocenters. The van der Waals surface area contributed by atoms with Crippen LogP contribution in [0.5, 0.6) is 11.5 Å². The molecule has 0 fully saturated rings. The average Bonchev–Trinajstić information content (AvgIpc) is 3.56. The Kier molecular flexibility index (Phi) is 11.5. The number of rotatable bonds is 14. The molecule has 0 aliphatic carbocycles. The number of carbonyl (C=O) groups is 1. The Hall–Kier alpha value is -4.46. The lowest BCUT2D eigenvalue weighted by atomic mass is 9.87. The molecule has 1 N–H and O–H groups in total. The molecule has 7 heteroatoms. The molecule has 47 heavy (non-hydrogen) atoms. The molecule has 1 aromatic heterocycles. The van der Waals surface area contributed by atoms with E-state index in [2.05, 4.69) is 85.6 Å². The molecular formula is C40H45N3O3S. The summed E-state index contributed by atoms with van der Waals surface area (Å²) in [6.45, 7) is 8.92. The maximum Gasteiger partial charge on any atom is 0.271 e. The van der Waals surface area contributed by atoms with Crippen molar-refractivity contribution in [3.05, 3.63) is 147 Å². The van der Waals surface area contributed by atoms with Crippen molar-refractivity contribution in [1.82, 2.24) is 15.2 Å². The number of hydrogen-bond acceptors (Lipinski definition) is 6. The normalized spacial score (nSPS) is 12.1. The summed E-state index contributed by atoms with van der Waals surface area (Å²) < 4.78 is 11.0. The molecule has 0 spiro atoms. The second-order valence-corrected chi connectivity index (χ2v) is 13.8. The number of nitrogens with one attached hydrogen (secondary N) is 1. The zero-order valence-electron chi connectivity index (χ0n) is 28.0. The van der Waals surface area contributed by atoms with Crippen LogP contribution < -0.4 is 14.8 Å². The minimum Gasteiger partial charge on any atom is -0.493 e. The van der Waals surface area contributed by atoms with Crippen LogP contribution >= 0.6 is 11.3 Å².